The minimum Gasteiger partial charge on any atom is -0.480 e. The van der Waals surface area contributed by atoms with Gasteiger partial charge in [-0.3, -0.25) is 10.1 Å². The summed E-state index contributed by atoms with van der Waals surface area (Å²) in [5.74, 6) is 0.891. The first-order valence-corrected chi connectivity index (χ1v) is 7.32. The lowest BCUT2D eigenvalue weighted by Gasteiger charge is -2.11. The number of para-hydroxylation sites is 1. The topological polar surface area (TPSA) is 115 Å². The van der Waals surface area contributed by atoms with Crippen molar-refractivity contribution < 1.29 is 14.1 Å². The van der Waals surface area contributed by atoms with Gasteiger partial charge in [-0.05, 0) is 31.2 Å². The molecule has 124 valence electrons. The van der Waals surface area contributed by atoms with Gasteiger partial charge in [0, 0.05) is 17.7 Å². The Balaban J connectivity index is 1.78. The molecule has 0 aliphatic carbocycles. The highest BCUT2D eigenvalue weighted by Crippen LogP contribution is 2.27. The predicted octanol–water partition coefficient (Wildman–Crippen LogP) is 3.66. The summed E-state index contributed by atoms with van der Waals surface area (Å²) in [4.78, 5) is 10.2. The largest absolute Gasteiger partial charge is 0.480 e. The minimum atomic E-state index is -0.561. The van der Waals surface area contributed by atoms with Crippen LogP contribution >= 0.6 is 0 Å². The summed E-state index contributed by atoms with van der Waals surface area (Å²) in [6.07, 6.45) is -0.561. The summed E-state index contributed by atoms with van der Waals surface area (Å²) in [7, 11) is 0. The second-order valence-corrected chi connectivity index (χ2v) is 5.12. The van der Waals surface area contributed by atoms with Crippen LogP contribution in [-0.4, -0.2) is 15.1 Å². The number of hydrogen-bond acceptors (Lipinski definition) is 7. The molecule has 8 nitrogen and oxygen atoms in total. The molecule has 8 heteroatoms. The van der Waals surface area contributed by atoms with E-state index in [9.17, 15) is 10.1 Å². The Morgan fingerprint density at radius 1 is 1.20 bits per heavy atom. The zero-order chi connectivity index (χ0) is 17.8. The number of non-ortho nitro benzene ring substituents is 1. The van der Waals surface area contributed by atoms with Gasteiger partial charge in [-0.2, -0.15) is 5.26 Å². The van der Waals surface area contributed by atoms with Gasteiger partial charge in [0.1, 0.15) is 11.8 Å². The van der Waals surface area contributed by atoms with E-state index in [1.165, 1.54) is 24.3 Å². The van der Waals surface area contributed by atoms with Gasteiger partial charge in [0.05, 0.1) is 10.5 Å². The van der Waals surface area contributed by atoms with Crippen LogP contribution in [0.1, 0.15) is 24.5 Å². The normalized spacial score (nSPS) is 11.5. The summed E-state index contributed by atoms with van der Waals surface area (Å²) in [5.41, 5.74) is 0.951. The van der Waals surface area contributed by atoms with Crippen LogP contribution < -0.4 is 4.74 Å². The fourth-order valence-electron chi connectivity index (χ4n) is 2.14. The zero-order valence-electron chi connectivity index (χ0n) is 13.1. The van der Waals surface area contributed by atoms with E-state index in [-0.39, 0.29) is 17.5 Å². The quantitative estimate of drug-likeness (QED) is 0.515. The van der Waals surface area contributed by atoms with E-state index < -0.39 is 11.0 Å². The van der Waals surface area contributed by atoms with Gasteiger partial charge in [0.15, 0.2) is 6.10 Å². The van der Waals surface area contributed by atoms with Crippen molar-refractivity contribution in [2.24, 2.45) is 0 Å². The first-order valence-electron chi connectivity index (χ1n) is 7.32. The van der Waals surface area contributed by atoms with Crippen LogP contribution in [0.3, 0.4) is 0 Å². The molecule has 0 aliphatic rings. The van der Waals surface area contributed by atoms with E-state index in [1.54, 1.807) is 31.2 Å². The highest BCUT2D eigenvalue weighted by Gasteiger charge is 2.18. The van der Waals surface area contributed by atoms with Crippen LogP contribution in [0.5, 0.6) is 5.75 Å². The third-order valence-corrected chi connectivity index (χ3v) is 3.42. The zero-order valence-corrected chi connectivity index (χ0v) is 13.1. The van der Waals surface area contributed by atoms with Crippen molar-refractivity contribution in [2.75, 3.05) is 0 Å². The van der Waals surface area contributed by atoms with Crippen molar-refractivity contribution in [1.29, 1.82) is 5.26 Å². The average molecular weight is 336 g/mol. The molecule has 1 atom stereocenters. The van der Waals surface area contributed by atoms with E-state index in [2.05, 4.69) is 16.3 Å². The number of nitriles is 1. The van der Waals surface area contributed by atoms with Gasteiger partial charge < -0.3 is 9.15 Å². The number of rotatable bonds is 5. The summed E-state index contributed by atoms with van der Waals surface area (Å²) in [5, 5.41) is 27.6. The molecule has 0 unspecified atom stereocenters. The summed E-state index contributed by atoms with van der Waals surface area (Å²) in [6.45, 7) is 1.72. The molecule has 0 N–H and O–H groups in total. The van der Waals surface area contributed by atoms with Crippen molar-refractivity contribution in [3.05, 3.63) is 70.1 Å². The maximum absolute atomic E-state index is 10.7. The number of nitro benzene ring substituents is 1. The molecular formula is C17H12N4O4. The highest BCUT2D eigenvalue weighted by atomic mass is 16.6. The van der Waals surface area contributed by atoms with Crippen molar-refractivity contribution in [2.45, 2.75) is 13.0 Å². The molecule has 3 rings (SSSR count). The lowest BCUT2D eigenvalue weighted by Crippen LogP contribution is -2.04. The minimum absolute atomic E-state index is 0.0201. The van der Waals surface area contributed by atoms with Crippen molar-refractivity contribution >= 4 is 5.69 Å². The van der Waals surface area contributed by atoms with E-state index in [0.29, 0.717) is 16.9 Å². The van der Waals surface area contributed by atoms with Crippen LogP contribution in [0.4, 0.5) is 5.69 Å². The lowest BCUT2D eigenvalue weighted by atomic mass is 10.2. The number of aromatic nitrogens is 2. The smallest absolute Gasteiger partial charge is 0.269 e. The van der Waals surface area contributed by atoms with Gasteiger partial charge in [-0.25, -0.2) is 0 Å². The fourth-order valence-corrected chi connectivity index (χ4v) is 2.14. The molecule has 0 saturated carbocycles. The van der Waals surface area contributed by atoms with Crippen LogP contribution in [0.2, 0.25) is 0 Å². The van der Waals surface area contributed by atoms with E-state index in [0.717, 1.165) is 0 Å². The van der Waals surface area contributed by atoms with Crippen LogP contribution in [0.15, 0.2) is 52.9 Å². The van der Waals surface area contributed by atoms with Gasteiger partial charge in [-0.15, -0.1) is 10.2 Å². The third-order valence-electron chi connectivity index (χ3n) is 3.42. The molecule has 25 heavy (non-hydrogen) atoms. The molecular weight excluding hydrogens is 324 g/mol. The maximum Gasteiger partial charge on any atom is 0.269 e. The highest BCUT2D eigenvalue weighted by molar-refractivity contribution is 5.55. The SMILES string of the molecule is C[C@H](Oc1ccccc1C#N)c1nnc(-c2ccc([N+](=O)[O-])cc2)o1. The third kappa shape index (κ3) is 3.45. The number of ether oxygens (including phenoxy) is 1. The Labute approximate surface area is 142 Å². The van der Waals surface area contributed by atoms with E-state index in [1.807, 2.05) is 0 Å². The molecule has 2 aromatic carbocycles. The second-order valence-electron chi connectivity index (χ2n) is 5.12. The maximum atomic E-state index is 10.7. The molecule has 3 aromatic rings. The first-order chi connectivity index (χ1) is 12.1. The van der Waals surface area contributed by atoms with Crippen molar-refractivity contribution in [3.63, 3.8) is 0 Å². The van der Waals surface area contributed by atoms with Gasteiger partial charge in [-0.1, -0.05) is 12.1 Å². The summed E-state index contributed by atoms with van der Waals surface area (Å²) < 4.78 is 11.3. The lowest BCUT2D eigenvalue weighted by molar-refractivity contribution is -0.384. The summed E-state index contributed by atoms with van der Waals surface area (Å²) in [6, 6.07) is 14.7. The number of nitrogens with zero attached hydrogens (tertiary/aromatic N) is 4. The molecule has 0 radical (unpaired) electrons. The Kier molecular flexibility index (Phi) is 4.39. The molecule has 0 spiro atoms. The van der Waals surface area contributed by atoms with E-state index >= 15 is 0 Å². The summed E-state index contributed by atoms with van der Waals surface area (Å²) >= 11 is 0. The first kappa shape index (κ1) is 16.1. The predicted molar refractivity (Wildman–Crippen MR) is 86.6 cm³/mol. The van der Waals surface area contributed by atoms with E-state index in [4.69, 9.17) is 14.4 Å². The Hall–Kier alpha value is -3.73. The monoisotopic (exact) mass is 336 g/mol. The number of nitro groups is 1. The van der Waals surface area contributed by atoms with Gasteiger partial charge in [0.2, 0.25) is 5.89 Å². The average Bonchev–Trinajstić information content (AvgIpc) is 3.12. The van der Waals surface area contributed by atoms with Crippen molar-refractivity contribution in [1.82, 2.24) is 10.2 Å². The van der Waals surface area contributed by atoms with Gasteiger partial charge >= 0.3 is 0 Å². The number of hydrogen-bond donors (Lipinski definition) is 0. The number of benzene rings is 2. The van der Waals surface area contributed by atoms with Crippen LogP contribution in [0.25, 0.3) is 11.5 Å². The Bertz CT molecular complexity index is 944. The Morgan fingerprint density at radius 2 is 1.92 bits per heavy atom. The molecule has 0 aliphatic heterocycles. The van der Waals surface area contributed by atoms with Crippen LogP contribution in [0, 0.1) is 21.4 Å². The van der Waals surface area contributed by atoms with Crippen molar-refractivity contribution in [3.8, 4) is 23.3 Å². The standard InChI is InChI=1S/C17H12N4O4/c1-11(24-15-5-3-2-4-13(15)10-18)16-19-20-17(25-16)12-6-8-14(9-7-12)21(22)23/h2-9,11H,1H3/t11-/m0/s1. The molecule has 0 fully saturated rings. The molecule has 0 bridgehead atoms. The molecule has 1 aromatic heterocycles. The fraction of sp³-hybridized carbons (Fsp3) is 0.118. The second kappa shape index (κ2) is 6.80. The molecule has 0 amide bonds. The molecule has 1 heterocycles. The van der Waals surface area contributed by atoms with Gasteiger partial charge in [0.25, 0.3) is 11.6 Å². The Morgan fingerprint density at radius 3 is 2.60 bits per heavy atom. The molecule has 0 saturated heterocycles. The van der Waals surface area contributed by atoms with Crippen LogP contribution in [-0.2, 0) is 0 Å².